The van der Waals surface area contributed by atoms with E-state index < -0.39 is 0 Å². The molecule has 2 aromatic carbocycles. The van der Waals surface area contributed by atoms with Crippen LogP contribution in [-0.2, 0) is 0 Å². The number of benzene rings is 2. The molecule has 3 N–H and O–H groups in total. The molecule has 0 aliphatic heterocycles. The van der Waals surface area contributed by atoms with E-state index in [0.717, 1.165) is 0 Å². The number of halogens is 1. The van der Waals surface area contributed by atoms with Gasteiger partial charge < -0.3 is 15.4 Å². The lowest BCUT2D eigenvalue weighted by molar-refractivity contribution is 0.102. The Balaban J connectivity index is 1.55. The van der Waals surface area contributed by atoms with Crippen LogP contribution in [0.25, 0.3) is 10.2 Å². The quantitative estimate of drug-likeness (QED) is 0.427. The van der Waals surface area contributed by atoms with Crippen LogP contribution in [-0.4, -0.2) is 29.1 Å². The van der Waals surface area contributed by atoms with E-state index in [1.807, 2.05) is 0 Å². The maximum atomic E-state index is 12.6. The summed E-state index contributed by atoms with van der Waals surface area (Å²) in [5.74, 6) is 0.385. The van der Waals surface area contributed by atoms with Crippen molar-refractivity contribution in [3.05, 3.63) is 70.1 Å². The molecule has 146 valence electrons. The number of ether oxygens (including phenoxy) is 1. The Morgan fingerprint density at radius 2 is 1.90 bits per heavy atom. The first-order chi connectivity index (χ1) is 14.0. The summed E-state index contributed by atoms with van der Waals surface area (Å²) < 4.78 is 5.15. The summed E-state index contributed by atoms with van der Waals surface area (Å²) in [6.07, 6.45) is 0. The number of H-pyrrole nitrogens is 1. The lowest BCUT2D eigenvalue weighted by Gasteiger charge is -2.05. The number of anilines is 2. The molecule has 0 spiro atoms. The van der Waals surface area contributed by atoms with Gasteiger partial charge in [0.2, 0.25) is 0 Å². The third kappa shape index (κ3) is 3.94. The highest BCUT2D eigenvalue weighted by molar-refractivity contribution is 7.20. The van der Waals surface area contributed by atoms with Crippen LogP contribution in [0.5, 0.6) is 5.75 Å². The highest BCUT2D eigenvalue weighted by Crippen LogP contribution is 2.31. The number of aromatic amines is 1. The van der Waals surface area contributed by atoms with Crippen molar-refractivity contribution in [2.45, 2.75) is 0 Å². The second-order valence-electron chi connectivity index (χ2n) is 6.05. The third-order valence-corrected chi connectivity index (χ3v) is 5.52. The minimum absolute atomic E-state index is 0.300. The smallest absolute Gasteiger partial charge is 0.265 e. The van der Waals surface area contributed by atoms with Crippen molar-refractivity contribution >= 4 is 56.5 Å². The zero-order valence-corrected chi connectivity index (χ0v) is 16.7. The van der Waals surface area contributed by atoms with E-state index in [1.165, 1.54) is 18.4 Å². The number of thiophene rings is 1. The number of amides is 2. The summed E-state index contributed by atoms with van der Waals surface area (Å²) in [5, 5.41) is 13.6. The normalized spacial score (nSPS) is 10.7. The van der Waals surface area contributed by atoms with Crippen LogP contribution in [0, 0.1) is 0 Å². The van der Waals surface area contributed by atoms with E-state index in [1.54, 1.807) is 54.6 Å². The number of methoxy groups -OCH3 is 1. The first kappa shape index (κ1) is 19.0. The molecule has 0 fully saturated rings. The van der Waals surface area contributed by atoms with Gasteiger partial charge in [-0.2, -0.15) is 5.10 Å². The van der Waals surface area contributed by atoms with Gasteiger partial charge in [-0.3, -0.25) is 14.7 Å². The van der Waals surface area contributed by atoms with Crippen molar-refractivity contribution in [2.24, 2.45) is 0 Å². The maximum absolute atomic E-state index is 12.6. The van der Waals surface area contributed by atoms with Gasteiger partial charge in [-0.05, 0) is 36.4 Å². The summed E-state index contributed by atoms with van der Waals surface area (Å²) in [6, 6.07) is 15.5. The molecule has 0 saturated heterocycles. The summed E-state index contributed by atoms with van der Waals surface area (Å²) >= 11 is 7.30. The molecule has 0 aliphatic carbocycles. The number of fused-ring (bicyclic) bond motifs is 1. The summed E-state index contributed by atoms with van der Waals surface area (Å²) in [7, 11) is 1.54. The monoisotopic (exact) mass is 426 g/mol. The Bertz CT molecular complexity index is 1220. The number of carbonyl (C=O) groups is 2. The van der Waals surface area contributed by atoms with Crippen LogP contribution < -0.4 is 15.4 Å². The standard InChI is InChI=1S/C20H15ClN4O3S/c1-28-12-6-4-5-11(9-12)18(26)23-17-13-10-16(29-20(13)25-24-17)19(27)22-15-8-3-2-7-14(15)21/h2-10H,1H3,(H,22,27)(H2,23,24,25,26). The van der Waals surface area contributed by atoms with E-state index in [2.05, 4.69) is 20.8 Å². The van der Waals surface area contributed by atoms with Crippen LogP contribution >= 0.6 is 22.9 Å². The molecule has 2 amide bonds. The summed E-state index contributed by atoms with van der Waals surface area (Å²) in [4.78, 5) is 26.2. The predicted molar refractivity (Wildman–Crippen MR) is 114 cm³/mol. The van der Waals surface area contributed by atoms with E-state index in [9.17, 15) is 9.59 Å². The molecule has 4 aromatic rings. The number of nitrogens with zero attached hydrogens (tertiary/aromatic N) is 1. The van der Waals surface area contributed by atoms with Gasteiger partial charge in [0.15, 0.2) is 0 Å². The SMILES string of the molecule is COc1cccc(C(=O)Nc2[nH]nc3sc(C(=O)Nc4ccccc4Cl)cc23)c1. The molecule has 0 radical (unpaired) electrons. The number of nitrogens with one attached hydrogen (secondary N) is 3. The van der Waals surface area contributed by atoms with Gasteiger partial charge in [0.1, 0.15) is 16.4 Å². The first-order valence-electron chi connectivity index (χ1n) is 8.54. The first-order valence-corrected chi connectivity index (χ1v) is 9.74. The Hall–Kier alpha value is -3.36. The molecule has 0 bridgehead atoms. The molecule has 0 saturated carbocycles. The minimum atomic E-state index is -0.317. The number of para-hydroxylation sites is 1. The molecule has 2 heterocycles. The van der Waals surface area contributed by atoms with Gasteiger partial charge in [-0.25, -0.2) is 0 Å². The topological polar surface area (TPSA) is 96.1 Å². The second-order valence-corrected chi connectivity index (χ2v) is 7.49. The molecule has 29 heavy (non-hydrogen) atoms. The number of carbonyl (C=O) groups excluding carboxylic acids is 2. The van der Waals surface area contributed by atoms with Crippen LogP contribution in [0.3, 0.4) is 0 Å². The zero-order chi connectivity index (χ0) is 20.4. The molecular weight excluding hydrogens is 412 g/mol. The fraction of sp³-hybridized carbons (Fsp3) is 0.0500. The Morgan fingerprint density at radius 1 is 1.07 bits per heavy atom. The second kappa shape index (κ2) is 7.94. The van der Waals surface area contributed by atoms with Crippen molar-refractivity contribution in [3.8, 4) is 5.75 Å². The van der Waals surface area contributed by atoms with Gasteiger partial charge in [0, 0.05) is 5.56 Å². The zero-order valence-electron chi connectivity index (χ0n) is 15.2. The average molecular weight is 427 g/mol. The molecule has 7 nitrogen and oxygen atoms in total. The average Bonchev–Trinajstić information content (AvgIpc) is 3.32. The fourth-order valence-corrected chi connectivity index (χ4v) is 3.79. The molecular formula is C20H15ClN4O3S. The number of hydrogen-bond acceptors (Lipinski definition) is 5. The number of rotatable bonds is 5. The predicted octanol–water partition coefficient (Wildman–Crippen LogP) is 4.79. The minimum Gasteiger partial charge on any atom is -0.497 e. The highest BCUT2D eigenvalue weighted by atomic mass is 35.5. The van der Waals surface area contributed by atoms with Gasteiger partial charge in [-0.15, -0.1) is 11.3 Å². The van der Waals surface area contributed by atoms with Crippen molar-refractivity contribution < 1.29 is 14.3 Å². The van der Waals surface area contributed by atoms with Crippen LogP contribution in [0.15, 0.2) is 54.6 Å². The number of aromatic nitrogens is 2. The molecule has 0 aliphatic rings. The van der Waals surface area contributed by atoms with E-state index in [0.29, 0.717) is 42.9 Å². The van der Waals surface area contributed by atoms with E-state index in [-0.39, 0.29) is 11.8 Å². The van der Waals surface area contributed by atoms with Crippen molar-refractivity contribution in [1.29, 1.82) is 0 Å². The Kier molecular flexibility index (Phi) is 5.20. The Morgan fingerprint density at radius 3 is 2.69 bits per heavy atom. The maximum Gasteiger partial charge on any atom is 0.265 e. The van der Waals surface area contributed by atoms with Gasteiger partial charge in [0.05, 0.1) is 28.1 Å². The lowest BCUT2D eigenvalue weighted by atomic mass is 10.2. The van der Waals surface area contributed by atoms with Crippen molar-refractivity contribution in [3.63, 3.8) is 0 Å². The van der Waals surface area contributed by atoms with Crippen LogP contribution in [0.2, 0.25) is 5.02 Å². The molecule has 9 heteroatoms. The van der Waals surface area contributed by atoms with Gasteiger partial charge >= 0.3 is 0 Å². The molecule has 0 unspecified atom stereocenters. The van der Waals surface area contributed by atoms with Crippen LogP contribution in [0.1, 0.15) is 20.0 Å². The molecule has 0 atom stereocenters. The summed E-state index contributed by atoms with van der Waals surface area (Å²) in [6.45, 7) is 0. The lowest BCUT2D eigenvalue weighted by Crippen LogP contribution is -2.12. The Labute approximate surface area is 174 Å². The van der Waals surface area contributed by atoms with Crippen molar-refractivity contribution in [1.82, 2.24) is 10.2 Å². The number of hydrogen-bond donors (Lipinski definition) is 3. The third-order valence-electron chi connectivity index (χ3n) is 4.17. The van der Waals surface area contributed by atoms with Crippen molar-refractivity contribution in [2.75, 3.05) is 17.7 Å². The molecule has 4 rings (SSSR count). The highest BCUT2D eigenvalue weighted by Gasteiger charge is 2.18. The van der Waals surface area contributed by atoms with Gasteiger partial charge in [0.25, 0.3) is 11.8 Å². The van der Waals surface area contributed by atoms with E-state index >= 15 is 0 Å². The van der Waals surface area contributed by atoms with Gasteiger partial charge in [-0.1, -0.05) is 29.8 Å². The van der Waals surface area contributed by atoms with Crippen LogP contribution in [0.4, 0.5) is 11.5 Å². The van der Waals surface area contributed by atoms with E-state index in [4.69, 9.17) is 16.3 Å². The largest absolute Gasteiger partial charge is 0.497 e. The summed E-state index contributed by atoms with van der Waals surface area (Å²) in [5.41, 5.74) is 0.970. The fourth-order valence-electron chi connectivity index (χ4n) is 2.71. The molecule has 2 aromatic heterocycles.